The minimum absolute atomic E-state index is 1.16. The summed E-state index contributed by atoms with van der Waals surface area (Å²) in [7, 11) is 0. The second-order valence-electron chi connectivity index (χ2n) is 7.42. The van der Waals surface area contributed by atoms with E-state index in [0.29, 0.717) is 0 Å². The van der Waals surface area contributed by atoms with Crippen molar-refractivity contribution in [3.05, 3.63) is 60.2 Å². The highest BCUT2D eigenvalue weighted by atomic mass is 14.9. The highest BCUT2D eigenvalue weighted by molar-refractivity contribution is 5.01. The zero-order valence-electron chi connectivity index (χ0n) is 16.3. The van der Waals surface area contributed by atoms with Gasteiger partial charge in [0.2, 0.25) is 0 Å². The SMILES string of the molecule is Cc1ccc[n+](CCCCCCCCCCC[n+]2cccc(C)c2)c1. The summed E-state index contributed by atoms with van der Waals surface area (Å²) in [6.45, 7) is 6.66. The standard InChI is InChI=1S/C23H36N2/c1-22-14-12-18-24(20-22)16-10-8-6-4-3-5-7-9-11-17-25-19-13-15-23(2)21-25/h12-15,18-21H,3-11,16-17H2,1-2H3/q+2. The average molecular weight is 341 g/mol. The van der Waals surface area contributed by atoms with Gasteiger partial charge in [0, 0.05) is 36.1 Å². The van der Waals surface area contributed by atoms with Crippen molar-refractivity contribution in [2.75, 3.05) is 0 Å². The molecule has 0 aliphatic heterocycles. The van der Waals surface area contributed by atoms with Crippen LogP contribution in [-0.4, -0.2) is 0 Å². The third-order valence-electron chi connectivity index (χ3n) is 4.84. The number of nitrogens with zero attached hydrogens (tertiary/aromatic N) is 2. The van der Waals surface area contributed by atoms with Gasteiger partial charge in [0.05, 0.1) is 0 Å². The molecule has 25 heavy (non-hydrogen) atoms. The van der Waals surface area contributed by atoms with E-state index in [1.807, 2.05) is 0 Å². The van der Waals surface area contributed by atoms with Gasteiger partial charge in [-0.05, 0) is 38.8 Å². The molecule has 0 N–H and O–H groups in total. The molecule has 2 heteroatoms. The molecule has 0 saturated heterocycles. The van der Waals surface area contributed by atoms with Gasteiger partial charge in [-0.25, -0.2) is 9.13 Å². The average Bonchev–Trinajstić information content (AvgIpc) is 2.60. The monoisotopic (exact) mass is 340 g/mol. The number of hydrogen-bond acceptors (Lipinski definition) is 0. The fourth-order valence-electron chi connectivity index (χ4n) is 3.41. The van der Waals surface area contributed by atoms with Gasteiger partial charge >= 0.3 is 0 Å². The van der Waals surface area contributed by atoms with Crippen molar-refractivity contribution in [3.63, 3.8) is 0 Å². The van der Waals surface area contributed by atoms with Crippen LogP contribution in [-0.2, 0) is 13.1 Å². The molecule has 0 atom stereocenters. The van der Waals surface area contributed by atoms with E-state index in [2.05, 4.69) is 72.0 Å². The summed E-state index contributed by atoms with van der Waals surface area (Å²) in [6, 6.07) is 8.62. The molecule has 0 radical (unpaired) electrons. The molecule has 0 amide bonds. The Labute approximate surface area is 154 Å². The molecule has 0 spiro atoms. The first-order valence-electron chi connectivity index (χ1n) is 10.2. The van der Waals surface area contributed by atoms with Gasteiger partial charge in [0.1, 0.15) is 13.1 Å². The van der Waals surface area contributed by atoms with Crippen molar-refractivity contribution in [3.8, 4) is 0 Å². The maximum atomic E-state index is 2.32. The summed E-state index contributed by atoms with van der Waals surface area (Å²) in [5.41, 5.74) is 2.70. The van der Waals surface area contributed by atoms with Crippen LogP contribution in [0.5, 0.6) is 0 Å². The fraction of sp³-hybridized carbons (Fsp3) is 0.565. The normalized spacial score (nSPS) is 11.0. The van der Waals surface area contributed by atoms with Gasteiger partial charge in [0.15, 0.2) is 24.8 Å². The van der Waals surface area contributed by atoms with Crippen LogP contribution < -0.4 is 9.13 Å². The zero-order chi connectivity index (χ0) is 17.7. The van der Waals surface area contributed by atoms with Crippen LogP contribution in [0.1, 0.15) is 68.9 Å². The molecule has 0 unspecified atom stereocenters. The van der Waals surface area contributed by atoms with Crippen LogP contribution in [0.2, 0.25) is 0 Å². The number of pyridine rings is 2. The van der Waals surface area contributed by atoms with Crippen molar-refractivity contribution in [1.82, 2.24) is 0 Å². The van der Waals surface area contributed by atoms with Gasteiger partial charge in [-0.2, -0.15) is 0 Å². The Balaban J connectivity index is 1.38. The molecule has 0 aromatic carbocycles. The van der Waals surface area contributed by atoms with Gasteiger partial charge < -0.3 is 0 Å². The summed E-state index contributed by atoms with van der Waals surface area (Å²) in [6.07, 6.45) is 21.2. The molecule has 2 nitrogen and oxygen atoms in total. The van der Waals surface area contributed by atoms with E-state index in [1.165, 1.54) is 68.9 Å². The van der Waals surface area contributed by atoms with E-state index in [9.17, 15) is 0 Å². The third-order valence-corrected chi connectivity index (χ3v) is 4.84. The highest BCUT2D eigenvalue weighted by Crippen LogP contribution is 2.09. The Bertz CT molecular complexity index is 553. The van der Waals surface area contributed by atoms with E-state index in [4.69, 9.17) is 0 Å². The number of unbranched alkanes of at least 4 members (excludes halogenated alkanes) is 8. The van der Waals surface area contributed by atoms with E-state index < -0.39 is 0 Å². The van der Waals surface area contributed by atoms with Gasteiger partial charge in [-0.15, -0.1) is 0 Å². The maximum Gasteiger partial charge on any atom is 0.171 e. The molecule has 2 rings (SSSR count). The first kappa shape index (κ1) is 19.6. The maximum absolute atomic E-state index is 2.32. The smallest absolute Gasteiger partial charge is 0.171 e. The lowest BCUT2D eigenvalue weighted by molar-refractivity contribution is -0.697. The molecule has 0 fully saturated rings. The van der Waals surface area contributed by atoms with Crippen molar-refractivity contribution in [1.29, 1.82) is 0 Å². The summed E-state index contributed by atoms with van der Waals surface area (Å²) in [5, 5.41) is 0. The van der Waals surface area contributed by atoms with Crippen molar-refractivity contribution < 1.29 is 9.13 Å². The largest absolute Gasteiger partial charge is 0.205 e. The van der Waals surface area contributed by atoms with Crippen LogP contribution in [0, 0.1) is 13.8 Å². The predicted molar refractivity (Wildman–Crippen MR) is 104 cm³/mol. The summed E-state index contributed by atoms with van der Waals surface area (Å²) in [5.74, 6) is 0. The molecular weight excluding hydrogens is 304 g/mol. The zero-order valence-corrected chi connectivity index (χ0v) is 16.3. The molecule has 0 saturated carbocycles. The van der Waals surface area contributed by atoms with E-state index in [0.717, 1.165) is 13.1 Å². The van der Waals surface area contributed by atoms with Crippen molar-refractivity contribution in [2.45, 2.75) is 84.7 Å². The van der Waals surface area contributed by atoms with Crippen LogP contribution in [0.25, 0.3) is 0 Å². The van der Waals surface area contributed by atoms with Gasteiger partial charge in [0.25, 0.3) is 0 Å². The van der Waals surface area contributed by atoms with Crippen LogP contribution in [0.15, 0.2) is 49.1 Å². The molecule has 2 aromatic rings. The first-order valence-corrected chi connectivity index (χ1v) is 10.2. The number of aryl methyl sites for hydroxylation is 4. The fourth-order valence-corrected chi connectivity index (χ4v) is 3.41. The van der Waals surface area contributed by atoms with Crippen LogP contribution in [0.3, 0.4) is 0 Å². The quantitative estimate of drug-likeness (QED) is 0.375. The van der Waals surface area contributed by atoms with Crippen LogP contribution in [0.4, 0.5) is 0 Å². The molecule has 0 aliphatic rings. The molecule has 2 aromatic heterocycles. The van der Waals surface area contributed by atoms with E-state index >= 15 is 0 Å². The lowest BCUT2D eigenvalue weighted by atomic mass is 10.1. The molecule has 2 heterocycles. The van der Waals surface area contributed by atoms with E-state index in [-0.39, 0.29) is 0 Å². The predicted octanol–water partition coefficient (Wildman–Crippen LogP) is 5.09. The van der Waals surface area contributed by atoms with Gasteiger partial charge in [-0.1, -0.05) is 32.1 Å². The Morgan fingerprint density at radius 2 is 0.920 bits per heavy atom. The second kappa shape index (κ2) is 11.8. The lowest BCUT2D eigenvalue weighted by Gasteiger charge is -2.02. The number of rotatable bonds is 12. The minimum atomic E-state index is 1.16. The molecule has 0 aliphatic carbocycles. The summed E-state index contributed by atoms with van der Waals surface area (Å²) < 4.78 is 4.64. The van der Waals surface area contributed by atoms with Gasteiger partial charge in [-0.3, -0.25) is 0 Å². The molecule has 136 valence electrons. The van der Waals surface area contributed by atoms with Crippen LogP contribution >= 0.6 is 0 Å². The highest BCUT2D eigenvalue weighted by Gasteiger charge is 2.01. The second-order valence-corrected chi connectivity index (χ2v) is 7.42. The number of aromatic nitrogens is 2. The minimum Gasteiger partial charge on any atom is -0.205 e. The van der Waals surface area contributed by atoms with E-state index in [1.54, 1.807) is 0 Å². The Morgan fingerprint density at radius 1 is 0.560 bits per heavy atom. The number of hydrogen-bond donors (Lipinski definition) is 0. The lowest BCUT2D eigenvalue weighted by Crippen LogP contribution is -2.32. The summed E-state index contributed by atoms with van der Waals surface area (Å²) >= 11 is 0. The Hall–Kier alpha value is -1.70. The molecular formula is C23H36N2+2. The topological polar surface area (TPSA) is 7.76 Å². The van der Waals surface area contributed by atoms with Crippen molar-refractivity contribution >= 4 is 0 Å². The third kappa shape index (κ3) is 8.81. The first-order chi connectivity index (χ1) is 12.2. The summed E-state index contributed by atoms with van der Waals surface area (Å²) in [4.78, 5) is 0. The Kier molecular flexibility index (Phi) is 9.25. The molecule has 0 bridgehead atoms. The Morgan fingerprint density at radius 3 is 1.28 bits per heavy atom. The van der Waals surface area contributed by atoms with Crippen molar-refractivity contribution in [2.24, 2.45) is 0 Å².